The van der Waals surface area contributed by atoms with Crippen LogP contribution in [-0.4, -0.2) is 40.8 Å². The average Bonchev–Trinajstić information content (AvgIpc) is 2.92. The fourth-order valence-corrected chi connectivity index (χ4v) is 4.36. The Bertz CT molecular complexity index is 523. The van der Waals surface area contributed by atoms with Crippen LogP contribution in [0.15, 0.2) is 24.3 Å². The Morgan fingerprint density at radius 3 is 2.67 bits per heavy atom. The number of carbonyl (C=O) groups excluding carboxylic acids is 2. The van der Waals surface area contributed by atoms with Crippen LogP contribution in [0.2, 0.25) is 5.02 Å². The summed E-state index contributed by atoms with van der Waals surface area (Å²) in [5, 5.41) is 0.364. The number of carbonyl (C=O) groups is 2. The third kappa shape index (κ3) is 3.67. The van der Waals surface area contributed by atoms with Crippen LogP contribution >= 0.6 is 35.1 Å². The fourth-order valence-electron chi connectivity index (χ4n) is 2.13. The van der Waals surface area contributed by atoms with E-state index in [2.05, 4.69) is 0 Å². The third-order valence-corrected chi connectivity index (χ3v) is 5.43. The lowest BCUT2D eigenvalue weighted by Gasteiger charge is -2.27. The highest BCUT2D eigenvalue weighted by Crippen LogP contribution is 2.43. The van der Waals surface area contributed by atoms with Crippen LogP contribution in [0.3, 0.4) is 0 Å². The highest BCUT2D eigenvalue weighted by molar-refractivity contribution is 8.13. The number of methoxy groups -OCH3 is 1. The van der Waals surface area contributed by atoms with Crippen LogP contribution < -0.4 is 0 Å². The maximum atomic E-state index is 12.4. The molecule has 1 aromatic carbocycles. The Morgan fingerprint density at radius 1 is 1.43 bits per heavy atom. The van der Waals surface area contributed by atoms with E-state index in [0.717, 1.165) is 5.56 Å². The quantitative estimate of drug-likeness (QED) is 0.780. The van der Waals surface area contributed by atoms with E-state index in [1.165, 1.54) is 18.9 Å². The normalized spacial score (nSPS) is 21.4. The van der Waals surface area contributed by atoms with Crippen molar-refractivity contribution in [2.75, 3.05) is 18.6 Å². The minimum Gasteiger partial charge on any atom is -0.467 e. The summed E-state index contributed by atoms with van der Waals surface area (Å²) in [5.74, 6) is 0.834. The summed E-state index contributed by atoms with van der Waals surface area (Å²) in [6.45, 7) is 1.91. The molecular weight excluding hydrogens is 330 g/mol. The largest absolute Gasteiger partial charge is 0.467 e. The van der Waals surface area contributed by atoms with Gasteiger partial charge in [-0.25, -0.2) is 4.79 Å². The van der Waals surface area contributed by atoms with Gasteiger partial charge in [-0.2, -0.15) is 0 Å². The molecule has 1 aliphatic rings. The van der Waals surface area contributed by atoms with Crippen molar-refractivity contribution in [2.45, 2.75) is 18.3 Å². The van der Waals surface area contributed by atoms with E-state index in [1.807, 2.05) is 19.1 Å². The van der Waals surface area contributed by atoms with Crippen LogP contribution in [0.1, 0.15) is 17.9 Å². The number of hydrogen-bond acceptors (Lipinski definition) is 5. The molecule has 0 bridgehead atoms. The standard InChI is InChI=1S/C14H16ClNO3S2/c1-3-20-14(18)16-11(13(17)19-2)8-21-12(16)9-4-6-10(15)7-5-9/h4-7,11-12H,3,8H2,1-2H3. The van der Waals surface area contributed by atoms with Crippen LogP contribution in [0.4, 0.5) is 4.79 Å². The minimum atomic E-state index is -0.535. The van der Waals surface area contributed by atoms with E-state index in [9.17, 15) is 9.59 Å². The van der Waals surface area contributed by atoms with E-state index < -0.39 is 6.04 Å². The number of nitrogens with zero attached hydrogens (tertiary/aromatic N) is 1. The highest BCUT2D eigenvalue weighted by atomic mass is 35.5. The predicted molar refractivity (Wildman–Crippen MR) is 87.8 cm³/mol. The minimum absolute atomic E-state index is 0.0992. The Kier molecular flexibility index (Phi) is 5.84. The lowest BCUT2D eigenvalue weighted by molar-refractivity contribution is -0.144. The second kappa shape index (κ2) is 7.42. The van der Waals surface area contributed by atoms with Gasteiger partial charge < -0.3 is 9.64 Å². The van der Waals surface area contributed by atoms with Crippen molar-refractivity contribution < 1.29 is 14.3 Å². The molecule has 7 heteroatoms. The Morgan fingerprint density at radius 2 is 2.10 bits per heavy atom. The van der Waals surface area contributed by atoms with Gasteiger partial charge in [0.1, 0.15) is 11.4 Å². The summed E-state index contributed by atoms with van der Waals surface area (Å²) in [4.78, 5) is 25.9. The SMILES string of the molecule is CCSC(=O)N1C(C(=O)OC)CSC1c1ccc(Cl)cc1. The molecule has 114 valence electrons. The van der Waals surface area contributed by atoms with Crippen molar-refractivity contribution in [3.05, 3.63) is 34.9 Å². The number of amides is 1. The fraction of sp³-hybridized carbons (Fsp3) is 0.429. The Balaban J connectivity index is 2.29. The number of ether oxygens (including phenoxy) is 1. The molecule has 21 heavy (non-hydrogen) atoms. The first-order chi connectivity index (χ1) is 10.1. The maximum Gasteiger partial charge on any atom is 0.329 e. The topological polar surface area (TPSA) is 46.6 Å². The molecule has 0 aliphatic carbocycles. The van der Waals surface area contributed by atoms with E-state index in [0.29, 0.717) is 16.5 Å². The Labute approximate surface area is 137 Å². The molecule has 2 rings (SSSR count). The predicted octanol–water partition coefficient (Wildman–Crippen LogP) is 3.80. The first-order valence-corrected chi connectivity index (χ1v) is 8.89. The molecule has 1 saturated heterocycles. The van der Waals surface area contributed by atoms with Gasteiger partial charge in [-0.1, -0.05) is 42.4 Å². The van der Waals surface area contributed by atoms with Crippen LogP contribution in [0, 0.1) is 0 Å². The van der Waals surface area contributed by atoms with Gasteiger partial charge in [0, 0.05) is 10.8 Å². The zero-order valence-corrected chi connectivity index (χ0v) is 14.1. The molecular formula is C14H16ClNO3S2. The molecule has 0 N–H and O–H groups in total. The molecule has 4 nitrogen and oxygen atoms in total. The van der Waals surface area contributed by atoms with Gasteiger partial charge in [0.15, 0.2) is 0 Å². The van der Waals surface area contributed by atoms with E-state index in [1.54, 1.807) is 28.8 Å². The summed E-state index contributed by atoms with van der Waals surface area (Å²) >= 11 is 8.67. The first kappa shape index (κ1) is 16.5. The number of hydrogen-bond donors (Lipinski definition) is 0. The molecule has 1 heterocycles. The van der Waals surface area contributed by atoms with Crippen molar-refractivity contribution in [3.8, 4) is 0 Å². The van der Waals surface area contributed by atoms with Crippen molar-refractivity contribution >= 4 is 46.3 Å². The molecule has 0 saturated carbocycles. The van der Waals surface area contributed by atoms with Crippen molar-refractivity contribution in [3.63, 3.8) is 0 Å². The van der Waals surface area contributed by atoms with Crippen molar-refractivity contribution in [1.29, 1.82) is 0 Å². The lowest BCUT2D eigenvalue weighted by atomic mass is 10.2. The summed E-state index contributed by atoms with van der Waals surface area (Å²) < 4.78 is 4.82. The summed E-state index contributed by atoms with van der Waals surface area (Å²) in [7, 11) is 1.35. The van der Waals surface area contributed by atoms with Gasteiger partial charge in [-0.3, -0.25) is 4.79 Å². The smallest absolute Gasteiger partial charge is 0.329 e. The van der Waals surface area contributed by atoms with Gasteiger partial charge in [0.05, 0.1) is 7.11 Å². The number of rotatable bonds is 3. The van der Waals surface area contributed by atoms with Crippen LogP contribution in [-0.2, 0) is 9.53 Å². The molecule has 1 aliphatic heterocycles. The second-order valence-electron chi connectivity index (χ2n) is 4.38. The summed E-state index contributed by atoms with van der Waals surface area (Å²) in [6, 6.07) is 6.82. The van der Waals surface area contributed by atoms with Gasteiger partial charge in [0.2, 0.25) is 0 Å². The van der Waals surface area contributed by atoms with E-state index in [4.69, 9.17) is 16.3 Å². The molecule has 1 fully saturated rings. The molecule has 2 atom stereocenters. The van der Waals surface area contributed by atoms with Crippen molar-refractivity contribution in [1.82, 2.24) is 4.90 Å². The molecule has 0 radical (unpaired) electrons. The monoisotopic (exact) mass is 345 g/mol. The van der Waals surface area contributed by atoms with Gasteiger partial charge >= 0.3 is 5.97 Å². The second-order valence-corrected chi connectivity index (χ2v) is 7.15. The van der Waals surface area contributed by atoms with Crippen LogP contribution in [0.25, 0.3) is 0 Å². The number of esters is 1. The van der Waals surface area contributed by atoms with Crippen molar-refractivity contribution in [2.24, 2.45) is 0 Å². The molecule has 0 aromatic heterocycles. The van der Waals surface area contributed by atoms with Crippen LogP contribution in [0.5, 0.6) is 0 Å². The Hall–Kier alpha value is -0.850. The molecule has 0 spiro atoms. The maximum absolute atomic E-state index is 12.4. The zero-order chi connectivity index (χ0) is 15.4. The van der Waals surface area contributed by atoms with E-state index in [-0.39, 0.29) is 16.6 Å². The average molecular weight is 346 g/mol. The summed E-state index contributed by atoms with van der Waals surface area (Å²) in [5.41, 5.74) is 0.959. The van der Waals surface area contributed by atoms with Gasteiger partial charge in [-0.05, 0) is 23.4 Å². The zero-order valence-electron chi connectivity index (χ0n) is 11.7. The molecule has 1 amide bonds. The number of halogens is 1. The van der Waals surface area contributed by atoms with Gasteiger partial charge in [-0.15, -0.1) is 11.8 Å². The lowest BCUT2D eigenvalue weighted by Crippen LogP contribution is -2.41. The number of benzene rings is 1. The van der Waals surface area contributed by atoms with Gasteiger partial charge in [0.25, 0.3) is 5.24 Å². The van der Waals surface area contributed by atoms with E-state index >= 15 is 0 Å². The highest BCUT2D eigenvalue weighted by Gasteiger charge is 2.42. The third-order valence-electron chi connectivity index (χ3n) is 3.11. The molecule has 2 unspecified atom stereocenters. The summed E-state index contributed by atoms with van der Waals surface area (Å²) in [6.07, 6.45) is 0. The molecule has 1 aromatic rings. The first-order valence-electron chi connectivity index (χ1n) is 6.48. The number of thioether (sulfide) groups is 2.